The van der Waals surface area contributed by atoms with Gasteiger partial charge in [0.2, 0.25) is 5.91 Å². The molecule has 1 atom stereocenters. The number of nitrogens with one attached hydrogen (secondary N) is 1. The summed E-state index contributed by atoms with van der Waals surface area (Å²) in [7, 11) is 0. The Labute approximate surface area is 155 Å². The minimum atomic E-state index is -0.179. The van der Waals surface area contributed by atoms with E-state index in [-0.39, 0.29) is 29.8 Å². The Kier molecular flexibility index (Phi) is 5.20. The molecule has 0 aliphatic carbocycles. The summed E-state index contributed by atoms with van der Waals surface area (Å²) in [6, 6.07) is 6.81. The molecule has 1 aliphatic rings. The van der Waals surface area contributed by atoms with E-state index in [1.165, 1.54) is 11.8 Å². The molecule has 3 rings (SSSR count). The molecule has 1 amide bonds. The molecule has 0 fully saturated rings. The van der Waals surface area contributed by atoms with Gasteiger partial charge in [0.15, 0.2) is 5.16 Å². The molecule has 0 bridgehead atoms. The van der Waals surface area contributed by atoms with E-state index in [4.69, 9.17) is 11.6 Å². The third-order valence-electron chi connectivity index (χ3n) is 4.18. The number of halogens is 1. The molecular formula is C18H20ClN3O2S. The van der Waals surface area contributed by atoms with Crippen LogP contribution in [0.25, 0.3) is 0 Å². The normalized spacial score (nSPS) is 16.1. The lowest BCUT2D eigenvalue weighted by Gasteiger charge is -2.14. The van der Waals surface area contributed by atoms with Crippen LogP contribution in [0.5, 0.6) is 0 Å². The summed E-state index contributed by atoms with van der Waals surface area (Å²) in [6.07, 6.45) is 0.230. The zero-order valence-corrected chi connectivity index (χ0v) is 15.9. The number of carbonyl (C=O) groups excluding carboxylic acids is 1. The number of hydrogen-bond acceptors (Lipinski definition) is 4. The topological polar surface area (TPSA) is 64.0 Å². The first-order chi connectivity index (χ1) is 11.8. The molecule has 0 spiro atoms. The molecule has 1 unspecified atom stereocenters. The lowest BCUT2D eigenvalue weighted by Crippen LogP contribution is -2.28. The first kappa shape index (κ1) is 18.0. The second-order valence-corrected chi connectivity index (χ2v) is 7.90. The number of benzene rings is 1. The fourth-order valence-electron chi connectivity index (χ4n) is 2.71. The van der Waals surface area contributed by atoms with Crippen molar-refractivity contribution in [1.82, 2.24) is 9.55 Å². The van der Waals surface area contributed by atoms with Crippen molar-refractivity contribution in [3.8, 4) is 0 Å². The van der Waals surface area contributed by atoms with E-state index in [9.17, 15) is 9.59 Å². The van der Waals surface area contributed by atoms with Gasteiger partial charge >= 0.3 is 0 Å². The van der Waals surface area contributed by atoms with Gasteiger partial charge in [-0.2, -0.15) is 0 Å². The van der Waals surface area contributed by atoms with E-state index in [2.05, 4.69) is 10.3 Å². The molecule has 7 heteroatoms. The maximum Gasteiger partial charge on any atom is 0.254 e. The number of hydrogen-bond donors (Lipinski definition) is 1. The summed E-state index contributed by atoms with van der Waals surface area (Å²) in [6.45, 7) is 5.93. The lowest BCUT2D eigenvalue weighted by molar-refractivity contribution is -0.116. The van der Waals surface area contributed by atoms with E-state index in [0.29, 0.717) is 21.6 Å². The molecule has 2 aromatic rings. The Hall–Kier alpha value is -1.79. The zero-order chi connectivity index (χ0) is 18.1. The molecular weight excluding hydrogens is 358 g/mol. The summed E-state index contributed by atoms with van der Waals surface area (Å²) < 4.78 is 1.64. The molecule has 1 aromatic heterocycles. The number of aromatic nitrogens is 2. The molecule has 2 heterocycles. The highest BCUT2D eigenvalue weighted by atomic mass is 35.5. The number of amides is 1. The van der Waals surface area contributed by atoms with E-state index in [0.717, 1.165) is 11.3 Å². The quantitative estimate of drug-likeness (QED) is 0.818. The smallest absolute Gasteiger partial charge is 0.254 e. The highest BCUT2D eigenvalue weighted by molar-refractivity contribution is 7.99. The van der Waals surface area contributed by atoms with E-state index in [1.54, 1.807) is 16.7 Å². The monoisotopic (exact) mass is 377 g/mol. The fourth-order valence-corrected chi connectivity index (χ4v) is 4.05. The van der Waals surface area contributed by atoms with Crippen LogP contribution in [0.1, 0.15) is 43.5 Å². The van der Waals surface area contributed by atoms with Crippen LogP contribution < -0.4 is 10.9 Å². The van der Waals surface area contributed by atoms with E-state index >= 15 is 0 Å². The first-order valence-electron chi connectivity index (χ1n) is 8.17. The second kappa shape index (κ2) is 7.22. The van der Waals surface area contributed by atoms with Crippen molar-refractivity contribution in [3.63, 3.8) is 0 Å². The van der Waals surface area contributed by atoms with Gasteiger partial charge in [0.1, 0.15) is 0 Å². The van der Waals surface area contributed by atoms with Crippen molar-refractivity contribution < 1.29 is 4.79 Å². The number of fused-ring (bicyclic) bond motifs is 1. The average Bonchev–Trinajstić information content (AvgIpc) is 2.94. The molecule has 1 aromatic carbocycles. The minimum absolute atomic E-state index is 0.0881. The summed E-state index contributed by atoms with van der Waals surface area (Å²) >= 11 is 7.61. The SMILES string of the molecule is Cc1ccc(NC(=O)CC2CSc3nc(C(C)C)cc(=O)n32)cc1Cl. The number of nitrogens with zero attached hydrogens (tertiary/aromatic N) is 2. The standard InChI is InChI=1S/C18H20ClN3O2S/c1-10(2)15-8-17(24)22-13(9-25-18(22)21-15)7-16(23)20-12-5-4-11(3)14(19)6-12/h4-6,8,10,13H,7,9H2,1-3H3,(H,20,23). The highest BCUT2D eigenvalue weighted by Gasteiger charge is 2.28. The van der Waals surface area contributed by atoms with Gasteiger partial charge in [-0.3, -0.25) is 14.2 Å². The van der Waals surface area contributed by atoms with Crippen LogP contribution in [-0.2, 0) is 4.79 Å². The van der Waals surface area contributed by atoms with Gasteiger partial charge in [-0.15, -0.1) is 0 Å². The number of rotatable bonds is 4. The summed E-state index contributed by atoms with van der Waals surface area (Å²) in [4.78, 5) is 29.3. The Bertz CT molecular complexity index is 879. The van der Waals surface area contributed by atoms with Crippen molar-refractivity contribution in [2.24, 2.45) is 0 Å². The average molecular weight is 378 g/mol. The van der Waals surface area contributed by atoms with Crippen LogP contribution in [0.15, 0.2) is 34.2 Å². The molecule has 1 N–H and O–H groups in total. The molecule has 0 saturated heterocycles. The van der Waals surface area contributed by atoms with Crippen LogP contribution in [0, 0.1) is 6.92 Å². The van der Waals surface area contributed by atoms with Crippen molar-refractivity contribution in [2.75, 3.05) is 11.1 Å². The predicted molar refractivity (Wildman–Crippen MR) is 102 cm³/mol. The van der Waals surface area contributed by atoms with Gasteiger partial charge in [-0.25, -0.2) is 4.98 Å². The largest absolute Gasteiger partial charge is 0.326 e. The van der Waals surface area contributed by atoms with Gasteiger partial charge in [0.05, 0.1) is 11.7 Å². The fraction of sp³-hybridized carbons (Fsp3) is 0.389. The van der Waals surface area contributed by atoms with E-state index in [1.807, 2.05) is 32.9 Å². The highest BCUT2D eigenvalue weighted by Crippen LogP contribution is 2.33. The lowest BCUT2D eigenvalue weighted by atomic mass is 10.1. The van der Waals surface area contributed by atoms with Crippen LogP contribution in [0.4, 0.5) is 5.69 Å². The minimum Gasteiger partial charge on any atom is -0.326 e. The van der Waals surface area contributed by atoms with Gasteiger partial charge in [-0.1, -0.05) is 43.3 Å². The molecule has 0 radical (unpaired) electrons. The molecule has 132 valence electrons. The van der Waals surface area contributed by atoms with Gasteiger partial charge in [-0.05, 0) is 30.5 Å². The van der Waals surface area contributed by atoms with Crippen LogP contribution in [0.2, 0.25) is 5.02 Å². The maximum atomic E-state index is 12.4. The summed E-state index contributed by atoms with van der Waals surface area (Å²) in [5, 5.41) is 4.16. The van der Waals surface area contributed by atoms with Crippen LogP contribution >= 0.6 is 23.4 Å². The Morgan fingerprint density at radius 1 is 1.44 bits per heavy atom. The number of anilines is 1. The third kappa shape index (κ3) is 3.90. The number of thioether (sulfide) groups is 1. The molecule has 1 aliphatic heterocycles. The van der Waals surface area contributed by atoms with Crippen LogP contribution in [0.3, 0.4) is 0 Å². The number of carbonyl (C=O) groups is 1. The Balaban J connectivity index is 1.74. The Morgan fingerprint density at radius 2 is 2.20 bits per heavy atom. The van der Waals surface area contributed by atoms with Crippen molar-refractivity contribution >= 4 is 35.0 Å². The second-order valence-electron chi connectivity index (χ2n) is 6.51. The van der Waals surface area contributed by atoms with Crippen LogP contribution in [-0.4, -0.2) is 21.2 Å². The van der Waals surface area contributed by atoms with Crippen molar-refractivity contribution in [3.05, 3.63) is 50.9 Å². The van der Waals surface area contributed by atoms with Crippen molar-refractivity contribution in [1.29, 1.82) is 0 Å². The van der Waals surface area contributed by atoms with Gasteiger partial charge in [0.25, 0.3) is 5.56 Å². The van der Waals surface area contributed by atoms with Gasteiger partial charge < -0.3 is 5.32 Å². The molecule has 25 heavy (non-hydrogen) atoms. The summed E-state index contributed by atoms with van der Waals surface area (Å²) in [5.41, 5.74) is 2.32. The predicted octanol–water partition coefficient (Wildman–Crippen LogP) is 4.00. The first-order valence-corrected chi connectivity index (χ1v) is 9.54. The van der Waals surface area contributed by atoms with Crippen molar-refractivity contribution in [2.45, 2.75) is 44.3 Å². The number of aryl methyl sites for hydroxylation is 1. The molecule has 5 nitrogen and oxygen atoms in total. The zero-order valence-electron chi connectivity index (χ0n) is 14.4. The molecule has 0 saturated carbocycles. The maximum absolute atomic E-state index is 12.4. The van der Waals surface area contributed by atoms with E-state index < -0.39 is 0 Å². The Morgan fingerprint density at radius 3 is 2.88 bits per heavy atom. The third-order valence-corrected chi connectivity index (χ3v) is 5.68. The summed E-state index contributed by atoms with van der Waals surface area (Å²) in [5.74, 6) is 0.734. The van der Waals surface area contributed by atoms with Gasteiger partial charge in [0, 0.05) is 29.0 Å².